The molecule has 4 saturated carbocycles. The van der Waals surface area contributed by atoms with Gasteiger partial charge in [-0.25, -0.2) is 0 Å². The molecule has 0 spiro atoms. The topological polar surface area (TPSA) is 26.3 Å². The van der Waals surface area contributed by atoms with Gasteiger partial charge in [0.15, 0.2) is 0 Å². The molecule has 4 aliphatic rings. The lowest BCUT2D eigenvalue weighted by Crippen LogP contribution is -2.58. The van der Waals surface area contributed by atoms with Crippen LogP contribution in [0.2, 0.25) is 0 Å². The average Bonchev–Trinajstić information content (AvgIpc) is 2.34. The average molecular weight is 271 g/mol. The number of ether oxygens (including phenoxy) is 1. The number of carbonyl (C=O) groups excluding carboxylic acids is 1. The highest BCUT2D eigenvalue weighted by Gasteiger charge is 2.57. The summed E-state index contributed by atoms with van der Waals surface area (Å²) in [5.41, 5.74) is -0.229. The summed E-state index contributed by atoms with van der Waals surface area (Å²) in [6, 6.07) is 0. The first-order chi connectivity index (χ1) is 8.53. The standard InChI is InChI=1S/C15H23ClO2/c1-3-13(16)14(17)18-15(2)11-5-9-4-10(7-11)8-12(15)6-9/h9-13H,3-8H2,1-2H3. The molecule has 0 saturated heterocycles. The number of hydrogen-bond acceptors (Lipinski definition) is 2. The predicted octanol–water partition coefficient (Wildman–Crippen LogP) is 3.76. The number of carbonyl (C=O) groups is 1. The van der Waals surface area contributed by atoms with Crippen LogP contribution in [0.1, 0.15) is 52.4 Å². The fourth-order valence-electron chi connectivity index (χ4n) is 4.73. The summed E-state index contributed by atoms with van der Waals surface area (Å²) in [7, 11) is 0. The Balaban J connectivity index is 1.76. The Hall–Kier alpha value is -0.240. The Morgan fingerprint density at radius 2 is 1.72 bits per heavy atom. The second kappa shape index (κ2) is 4.40. The van der Waals surface area contributed by atoms with E-state index in [0.29, 0.717) is 18.3 Å². The zero-order valence-electron chi connectivity index (χ0n) is 11.3. The predicted molar refractivity (Wildman–Crippen MR) is 71.5 cm³/mol. The largest absolute Gasteiger partial charge is 0.458 e. The molecule has 0 radical (unpaired) electrons. The van der Waals surface area contributed by atoms with Gasteiger partial charge in [0.1, 0.15) is 11.0 Å². The Morgan fingerprint density at radius 1 is 1.22 bits per heavy atom. The van der Waals surface area contributed by atoms with Crippen LogP contribution in [0, 0.1) is 23.7 Å². The second-order valence-corrected chi connectivity index (χ2v) is 7.31. The van der Waals surface area contributed by atoms with E-state index in [1.165, 1.54) is 32.1 Å². The van der Waals surface area contributed by atoms with Gasteiger partial charge in [-0.15, -0.1) is 11.6 Å². The van der Waals surface area contributed by atoms with Crippen molar-refractivity contribution in [3.05, 3.63) is 0 Å². The minimum atomic E-state index is -0.473. The molecule has 102 valence electrons. The molecule has 0 amide bonds. The summed E-state index contributed by atoms with van der Waals surface area (Å²) in [6.07, 6.45) is 7.11. The van der Waals surface area contributed by atoms with Crippen LogP contribution in [-0.2, 0) is 9.53 Å². The van der Waals surface area contributed by atoms with Gasteiger partial charge in [0.25, 0.3) is 0 Å². The van der Waals surface area contributed by atoms with Gasteiger partial charge in [0.05, 0.1) is 0 Å². The van der Waals surface area contributed by atoms with E-state index in [2.05, 4.69) is 6.92 Å². The molecule has 4 rings (SSSR count). The lowest BCUT2D eigenvalue weighted by atomic mass is 9.50. The third-order valence-corrected chi connectivity index (χ3v) is 6.18. The van der Waals surface area contributed by atoms with Crippen LogP contribution in [0.5, 0.6) is 0 Å². The first-order valence-corrected chi connectivity index (χ1v) is 7.83. The molecule has 0 aromatic carbocycles. The fraction of sp³-hybridized carbons (Fsp3) is 0.933. The van der Waals surface area contributed by atoms with Crippen molar-refractivity contribution in [3.63, 3.8) is 0 Å². The van der Waals surface area contributed by atoms with Gasteiger partial charge < -0.3 is 4.74 Å². The maximum Gasteiger partial charge on any atom is 0.324 e. The van der Waals surface area contributed by atoms with Crippen molar-refractivity contribution >= 4 is 17.6 Å². The number of halogens is 1. The van der Waals surface area contributed by atoms with Gasteiger partial charge in [-0.2, -0.15) is 0 Å². The molecule has 3 heteroatoms. The lowest BCUT2D eigenvalue weighted by molar-refractivity contribution is -0.202. The van der Waals surface area contributed by atoms with Gasteiger partial charge in [-0.05, 0) is 69.1 Å². The van der Waals surface area contributed by atoms with E-state index in [0.717, 1.165) is 11.8 Å². The minimum absolute atomic E-state index is 0.200. The Labute approximate surface area is 114 Å². The molecule has 1 atom stereocenters. The highest BCUT2D eigenvalue weighted by molar-refractivity contribution is 6.29. The number of hydrogen-bond donors (Lipinski definition) is 0. The van der Waals surface area contributed by atoms with Gasteiger partial charge >= 0.3 is 5.97 Å². The van der Waals surface area contributed by atoms with Crippen molar-refractivity contribution in [2.45, 2.75) is 63.4 Å². The number of esters is 1. The molecule has 0 aliphatic heterocycles. The molecule has 0 N–H and O–H groups in total. The van der Waals surface area contributed by atoms with Crippen molar-refractivity contribution in [2.24, 2.45) is 23.7 Å². The normalized spacial score (nSPS) is 47.1. The van der Waals surface area contributed by atoms with E-state index in [1.807, 2.05) is 6.92 Å². The van der Waals surface area contributed by atoms with Crippen molar-refractivity contribution in [1.29, 1.82) is 0 Å². The summed E-state index contributed by atoms with van der Waals surface area (Å²) in [5, 5.41) is -0.473. The number of alkyl halides is 1. The van der Waals surface area contributed by atoms with Gasteiger partial charge in [-0.3, -0.25) is 4.79 Å². The maximum atomic E-state index is 12.0. The fourth-order valence-corrected chi connectivity index (χ4v) is 4.78. The summed E-state index contributed by atoms with van der Waals surface area (Å²) >= 11 is 6.02. The van der Waals surface area contributed by atoms with E-state index in [9.17, 15) is 4.79 Å². The van der Waals surface area contributed by atoms with E-state index in [-0.39, 0.29) is 11.6 Å². The molecule has 0 aromatic heterocycles. The molecule has 4 fully saturated rings. The van der Waals surface area contributed by atoms with Crippen molar-refractivity contribution in [1.82, 2.24) is 0 Å². The van der Waals surface area contributed by atoms with Gasteiger partial charge in [0, 0.05) is 0 Å². The van der Waals surface area contributed by atoms with E-state index >= 15 is 0 Å². The van der Waals surface area contributed by atoms with Gasteiger partial charge in [-0.1, -0.05) is 6.92 Å². The smallest absolute Gasteiger partial charge is 0.324 e. The third-order valence-electron chi connectivity index (χ3n) is 5.69. The quantitative estimate of drug-likeness (QED) is 0.577. The van der Waals surface area contributed by atoms with Gasteiger partial charge in [0.2, 0.25) is 0 Å². The van der Waals surface area contributed by atoms with Crippen molar-refractivity contribution in [3.8, 4) is 0 Å². The first-order valence-electron chi connectivity index (χ1n) is 7.39. The minimum Gasteiger partial charge on any atom is -0.458 e. The van der Waals surface area contributed by atoms with Crippen LogP contribution in [-0.4, -0.2) is 16.9 Å². The summed E-state index contributed by atoms with van der Waals surface area (Å²) in [5.74, 6) is 2.76. The van der Waals surface area contributed by atoms with Crippen molar-refractivity contribution in [2.75, 3.05) is 0 Å². The van der Waals surface area contributed by atoms with Crippen LogP contribution in [0.25, 0.3) is 0 Å². The van der Waals surface area contributed by atoms with Crippen LogP contribution < -0.4 is 0 Å². The molecule has 4 bridgehead atoms. The van der Waals surface area contributed by atoms with Crippen LogP contribution in [0.15, 0.2) is 0 Å². The zero-order valence-corrected chi connectivity index (χ0v) is 12.1. The molecule has 4 aliphatic carbocycles. The number of rotatable bonds is 3. The monoisotopic (exact) mass is 270 g/mol. The zero-order chi connectivity index (χ0) is 12.9. The van der Waals surface area contributed by atoms with Crippen LogP contribution in [0.4, 0.5) is 0 Å². The molecule has 2 nitrogen and oxygen atoms in total. The maximum absolute atomic E-state index is 12.0. The summed E-state index contributed by atoms with van der Waals surface area (Å²) in [4.78, 5) is 12.0. The lowest BCUT2D eigenvalue weighted by Gasteiger charge is -2.59. The summed E-state index contributed by atoms with van der Waals surface area (Å²) < 4.78 is 5.90. The van der Waals surface area contributed by atoms with E-state index in [1.54, 1.807) is 0 Å². The molecule has 0 aromatic rings. The Kier molecular flexibility index (Phi) is 3.12. The van der Waals surface area contributed by atoms with E-state index < -0.39 is 5.38 Å². The molecule has 0 heterocycles. The second-order valence-electron chi connectivity index (χ2n) is 6.79. The summed E-state index contributed by atoms with van der Waals surface area (Å²) in [6.45, 7) is 4.09. The first kappa shape index (κ1) is 12.8. The Bertz CT molecular complexity index is 324. The SMILES string of the molecule is CCC(Cl)C(=O)OC1(C)C2CC3CC(C2)CC1C3. The molecular weight excluding hydrogens is 248 g/mol. The van der Waals surface area contributed by atoms with Crippen molar-refractivity contribution < 1.29 is 9.53 Å². The molecule has 1 unspecified atom stereocenters. The Morgan fingerprint density at radius 3 is 2.17 bits per heavy atom. The third kappa shape index (κ3) is 1.88. The van der Waals surface area contributed by atoms with Crippen LogP contribution in [0.3, 0.4) is 0 Å². The molecular formula is C15H23ClO2. The molecule has 18 heavy (non-hydrogen) atoms. The van der Waals surface area contributed by atoms with E-state index in [4.69, 9.17) is 16.3 Å². The van der Waals surface area contributed by atoms with Crippen LogP contribution >= 0.6 is 11.6 Å². The highest BCUT2D eigenvalue weighted by Crippen LogP contribution is 2.59. The highest BCUT2D eigenvalue weighted by atomic mass is 35.5.